The second kappa shape index (κ2) is 9.79. The van der Waals surface area contributed by atoms with Gasteiger partial charge in [-0.2, -0.15) is 10.6 Å². The fourth-order valence-corrected chi connectivity index (χ4v) is 4.38. The predicted molar refractivity (Wildman–Crippen MR) is 132 cm³/mol. The number of aliphatic imine (C=N–C) groups is 1. The van der Waals surface area contributed by atoms with E-state index in [1.54, 1.807) is 49.7 Å². The fourth-order valence-electron chi connectivity index (χ4n) is 3.04. The minimum Gasteiger partial charge on any atom is -0.495 e. The Labute approximate surface area is 199 Å². The van der Waals surface area contributed by atoms with Gasteiger partial charge in [0.2, 0.25) is 0 Å². The number of nitrogens with two attached hydrogens (primary N) is 1. The van der Waals surface area contributed by atoms with Crippen LogP contribution < -0.4 is 15.8 Å². The Bertz CT molecular complexity index is 1250. The van der Waals surface area contributed by atoms with Gasteiger partial charge < -0.3 is 15.8 Å². The summed E-state index contributed by atoms with van der Waals surface area (Å²) in [5.41, 5.74) is 8.22. The maximum atomic E-state index is 12.6. The molecule has 0 aliphatic carbocycles. The lowest BCUT2D eigenvalue weighted by Crippen LogP contribution is -2.30. The minimum absolute atomic E-state index is 0.106. The van der Waals surface area contributed by atoms with Crippen LogP contribution in [0.3, 0.4) is 0 Å². The molecule has 1 amide bonds. The summed E-state index contributed by atoms with van der Waals surface area (Å²) >= 11 is 0. The van der Waals surface area contributed by atoms with Gasteiger partial charge in [-0.15, -0.1) is 0 Å². The smallest absolute Gasteiger partial charge is 0.269 e. The van der Waals surface area contributed by atoms with Gasteiger partial charge in [0, 0.05) is 25.5 Å². The number of pyridine rings is 1. The van der Waals surface area contributed by atoms with Gasteiger partial charge in [0.25, 0.3) is 5.91 Å². The van der Waals surface area contributed by atoms with Gasteiger partial charge in [-0.25, -0.2) is 15.0 Å². The molecular formula is C22H29N7O4S. The molecule has 11 nitrogen and oxygen atoms in total. The molecule has 3 aromatic rings. The highest BCUT2D eigenvalue weighted by Crippen LogP contribution is 2.61. The molecule has 0 bridgehead atoms. The number of hydrogen-bond donors (Lipinski definition) is 4. The second-order valence-corrected chi connectivity index (χ2v) is 11.1. The van der Waals surface area contributed by atoms with Gasteiger partial charge in [-0.1, -0.05) is 0 Å². The van der Waals surface area contributed by atoms with Gasteiger partial charge >= 0.3 is 0 Å². The summed E-state index contributed by atoms with van der Waals surface area (Å²) in [7, 11) is -0.298. The molecule has 0 atom stereocenters. The molecule has 0 aliphatic heterocycles. The van der Waals surface area contributed by atoms with Crippen LogP contribution in [0.2, 0.25) is 0 Å². The Morgan fingerprint density at radius 1 is 1.35 bits per heavy atom. The molecule has 0 aromatic carbocycles. The van der Waals surface area contributed by atoms with Crippen molar-refractivity contribution in [2.45, 2.75) is 37.0 Å². The number of amides is 1. The van der Waals surface area contributed by atoms with Crippen LogP contribution in [0.4, 0.5) is 0 Å². The van der Waals surface area contributed by atoms with Crippen molar-refractivity contribution >= 4 is 33.6 Å². The molecule has 0 fully saturated rings. The van der Waals surface area contributed by atoms with Crippen molar-refractivity contribution in [3.05, 3.63) is 54.5 Å². The average Bonchev–Trinajstić information content (AvgIpc) is 3.23. The maximum absolute atomic E-state index is 12.6. The summed E-state index contributed by atoms with van der Waals surface area (Å²) in [6.45, 7) is 5.41. The van der Waals surface area contributed by atoms with Crippen molar-refractivity contribution in [1.29, 1.82) is 0 Å². The minimum atomic E-state index is -3.24. The summed E-state index contributed by atoms with van der Waals surface area (Å²) in [4.78, 5) is 29.1. The van der Waals surface area contributed by atoms with E-state index in [0.29, 0.717) is 22.8 Å². The number of fused-ring (bicyclic) bond motifs is 1. The molecule has 3 rings (SSSR count). The molecule has 0 radical (unpaired) electrons. The lowest BCUT2D eigenvalue weighted by Gasteiger charge is -2.44. The van der Waals surface area contributed by atoms with Crippen molar-refractivity contribution in [2.75, 3.05) is 14.2 Å². The number of methoxy groups -OCH3 is 1. The Kier molecular flexibility index (Phi) is 7.24. The van der Waals surface area contributed by atoms with Crippen LogP contribution in [0, 0.1) is 0 Å². The number of hydrogen-bond acceptors (Lipinski definition) is 9. The molecule has 0 saturated carbocycles. The monoisotopic (exact) mass is 487 g/mol. The molecule has 0 aliphatic rings. The zero-order chi connectivity index (χ0) is 25.1. The number of aromatic nitrogens is 4. The summed E-state index contributed by atoms with van der Waals surface area (Å²) in [6, 6.07) is 3.30. The molecule has 3 heterocycles. The standard InChI is InChI=1S/C22H29N7O4S/c1-22(2,3)34(31,32)19-12-29-17(11-26-20(29)9-18(19)33-5)15(23)8-16(24-4)21(30)27-10-14-6-7-25-13-28-14/h6-9,11-13,31-32H,10,23H2,1-5H3,(H,27,30)/b15-8-,24-16?. The number of nitrogens with one attached hydrogen (secondary N) is 1. The zero-order valence-electron chi connectivity index (χ0n) is 19.7. The molecule has 0 unspecified atom stereocenters. The van der Waals surface area contributed by atoms with Gasteiger partial charge in [0.1, 0.15) is 28.3 Å². The lowest BCUT2D eigenvalue weighted by molar-refractivity contribution is -0.114. The van der Waals surface area contributed by atoms with Crippen molar-refractivity contribution in [1.82, 2.24) is 24.7 Å². The van der Waals surface area contributed by atoms with E-state index in [-0.39, 0.29) is 22.8 Å². The van der Waals surface area contributed by atoms with Gasteiger partial charge in [-0.05, 0) is 32.9 Å². The maximum Gasteiger partial charge on any atom is 0.269 e. The third-order valence-corrected chi connectivity index (χ3v) is 7.72. The van der Waals surface area contributed by atoms with Crippen molar-refractivity contribution in [3.8, 4) is 5.75 Å². The number of nitrogens with zero attached hydrogens (tertiary/aromatic N) is 5. The second-order valence-electron chi connectivity index (χ2n) is 8.33. The number of carbonyl (C=O) groups is 1. The first-order chi connectivity index (χ1) is 16.0. The molecule has 0 saturated heterocycles. The third-order valence-electron chi connectivity index (χ3n) is 5.09. The Balaban J connectivity index is 1.95. The summed E-state index contributed by atoms with van der Waals surface area (Å²) in [5, 5.41) is 2.74. The fraction of sp³-hybridized carbons (Fsp3) is 0.318. The highest BCUT2D eigenvalue weighted by atomic mass is 32.3. The largest absolute Gasteiger partial charge is 0.495 e. The molecule has 3 aromatic heterocycles. The SMILES string of the molecule is CN=C(/C=C(\N)c1cnc2cc(OC)c(S(O)(O)C(C)(C)C)cn12)C(=O)NCc1ccncn1. The van der Waals surface area contributed by atoms with E-state index in [2.05, 4.69) is 25.3 Å². The van der Waals surface area contributed by atoms with E-state index >= 15 is 0 Å². The molecule has 0 spiro atoms. The van der Waals surface area contributed by atoms with Crippen molar-refractivity contribution in [3.63, 3.8) is 0 Å². The van der Waals surface area contributed by atoms with E-state index in [9.17, 15) is 13.9 Å². The molecule has 34 heavy (non-hydrogen) atoms. The highest BCUT2D eigenvalue weighted by Gasteiger charge is 2.34. The number of imidazole rings is 1. The molecule has 182 valence electrons. The van der Waals surface area contributed by atoms with Crippen LogP contribution in [0.15, 0.2) is 53.0 Å². The van der Waals surface area contributed by atoms with E-state index < -0.39 is 21.2 Å². The van der Waals surface area contributed by atoms with E-state index in [1.165, 1.54) is 32.8 Å². The highest BCUT2D eigenvalue weighted by molar-refractivity contribution is 8.25. The van der Waals surface area contributed by atoms with Crippen LogP contribution in [0.1, 0.15) is 32.2 Å². The van der Waals surface area contributed by atoms with Gasteiger partial charge in [0.05, 0.1) is 41.7 Å². The quantitative estimate of drug-likeness (QED) is 0.370. The van der Waals surface area contributed by atoms with Crippen molar-refractivity contribution < 1.29 is 18.6 Å². The van der Waals surface area contributed by atoms with E-state index in [1.807, 2.05) is 0 Å². The Morgan fingerprint density at radius 3 is 2.68 bits per heavy atom. The van der Waals surface area contributed by atoms with Gasteiger partial charge in [0.15, 0.2) is 0 Å². The first-order valence-electron chi connectivity index (χ1n) is 10.3. The summed E-state index contributed by atoms with van der Waals surface area (Å²) in [6.07, 6.45) is 7.50. The molecule has 5 N–H and O–H groups in total. The first-order valence-corrected chi connectivity index (χ1v) is 11.8. The third kappa shape index (κ3) is 5.03. The van der Waals surface area contributed by atoms with Crippen LogP contribution in [-0.2, 0) is 11.3 Å². The lowest BCUT2D eigenvalue weighted by atomic mass is 10.2. The van der Waals surface area contributed by atoms with E-state index in [4.69, 9.17) is 10.5 Å². The topological polar surface area (TPSA) is 160 Å². The zero-order valence-corrected chi connectivity index (χ0v) is 20.5. The first kappa shape index (κ1) is 25.1. The summed E-state index contributed by atoms with van der Waals surface area (Å²) < 4.78 is 28.1. The van der Waals surface area contributed by atoms with Crippen molar-refractivity contribution in [2.24, 2.45) is 10.7 Å². The number of rotatable bonds is 7. The summed E-state index contributed by atoms with van der Waals surface area (Å²) in [5.74, 6) is -0.121. The number of carbonyl (C=O) groups excluding carboxylic acids is 1. The number of ether oxygens (including phenoxy) is 1. The Hall–Kier alpha value is -3.48. The van der Waals surface area contributed by atoms with Crippen LogP contribution >= 0.6 is 10.6 Å². The van der Waals surface area contributed by atoms with Gasteiger partial charge in [-0.3, -0.25) is 23.3 Å². The van der Waals surface area contributed by atoms with E-state index in [0.717, 1.165) is 0 Å². The predicted octanol–water partition coefficient (Wildman–Crippen LogP) is 2.73. The average molecular weight is 488 g/mol. The van der Waals surface area contributed by atoms with Crippen LogP contribution in [0.5, 0.6) is 5.75 Å². The normalized spacial score (nSPS) is 13.7. The molecule has 12 heteroatoms. The van der Waals surface area contributed by atoms with Crippen LogP contribution in [0.25, 0.3) is 11.3 Å². The molecular weight excluding hydrogens is 458 g/mol. The van der Waals surface area contributed by atoms with Crippen LogP contribution in [-0.4, -0.2) is 59.0 Å². The Morgan fingerprint density at radius 2 is 2.09 bits per heavy atom.